The molecule has 2 heterocycles. The molecule has 2 rings (SSSR count). The van der Waals surface area contributed by atoms with Crippen LogP contribution in [0.15, 0.2) is 0 Å². The summed E-state index contributed by atoms with van der Waals surface area (Å²) in [7, 11) is -3.24. The van der Waals surface area contributed by atoms with Gasteiger partial charge in [-0.2, -0.15) is 4.31 Å². The highest BCUT2D eigenvalue weighted by Gasteiger charge is 2.34. The van der Waals surface area contributed by atoms with Crippen molar-refractivity contribution >= 4 is 10.0 Å². The lowest BCUT2D eigenvalue weighted by Gasteiger charge is -2.36. The maximum atomic E-state index is 12.3. The van der Waals surface area contributed by atoms with Gasteiger partial charge in [-0.15, -0.1) is 0 Å². The van der Waals surface area contributed by atoms with Gasteiger partial charge in [0.1, 0.15) is 0 Å². The Balaban J connectivity index is 1.87. The highest BCUT2D eigenvalue weighted by Crippen LogP contribution is 2.22. The number of aliphatic hydroxyl groups is 1. The molecular formula is C12H25N3O3S. The van der Waals surface area contributed by atoms with Crippen molar-refractivity contribution in [3.05, 3.63) is 0 Å². The molecule has 2 fully saturated rings. The summed E-state index contributed by atoms with van der Waals surface area (Å²) in [6, 6.07) is 0. The highest BCUT2D eigenvalue weighted by atomic mass is 32.2. The molecule has 0 aliphatic carbocycles. The zero-order valence-electron chi connectivity index (χ0n) is 11.6. The van der Waals surface area contributed by atoms with Crippen LogP contribution in [0.5, 0.6) is 0 Å². The zero-order chi connectivity index (χ0) is 13.9. The zero-order valence-corrected chi connectivity index (χ0v) is 12.5. The van der Waals surface area contributed by atoms with Gasteiger partial charge >= 0.3 is 0 Å². The normalized spacial score (nSPS) is 31.5. The monoisotopic (exact) mass is 291 g/mol. The second kappa shape index (κ2) is 6.05. The molecule has 6 nitrogen and oxygen atoms in total. The number of sulfonamides is 1. The number of rotatable bonds is 4. The molecule has 2 N–H and O–H groups in total. The maximum Gasteiger partial charge on any atom is 0.215 e. The van der Waals surface area contributed by atoms with Gasteiger partial charge in [0, 0.05) is 45.8 Å². The Morgan fingerprint density at radius 1 is 1.26 bits per heavy atom. The standard InChI is InChI=1S/C12H25N3O3S/c1-12(16)3-2-6-15(11-12)19(17,18)10-9-14-7-4-13-5-8-14/h13,16H,2-11H2,1H3. The van der Waals surface area contributed by atoms with Crippen molar-refractivity contribution in [2.75, 3.05) is 51.6 Å². The third-order valence-corrected chi connectivity index (χ3v) is 5.71. The highest BCUT2D eigenvalue weighted by molar-refractivity contribution is 7.89. The number of piperidine rings is 1. The van der Waals surface area contributed by atoms with Crippen LogP contribution >= 0.6 is 0 Å². The van der Waals surface area contributed by atoms with Crippen molar-refractivity contribution in [2.45, 2.75) is 25.4 Å². The fourth-order valence-electron chi connectivity index (χ4n) is 2.72. The molecular weight excluding hydrogens is 266 g/mol. The van der Waals surface area contributed by atoms with Crippen LogP contribution in [0.1, 0.15) is 19.8 Å². The van der Waals surface area contributed by atoms with Crippen LogP contribution in [-0.4, -0.2) is 79.9 Å². The second-order valence-electron chi connectivity index (χ2n) is 5.84. The van der Waals surface area contributed by atoms with Gasteiger partial charge in [0.25, 0.3) is 0 Å². The Morgan fingerprint density at radius 3 is 2.58 bits per heavy atom. The third kappa shape index (κ3) is 4.39. The molecule has 0 amide bonds. The first-order valence-corrected chi connectivity index (χ1v) is 8.63. The molecule has 2 saturated heterocycles. The first-order valence-electron chi connectivity index (χ1n) is 7.02. The van der Waals surface area contributed by atoms with Crippen molar-refractivity contribution < 1.29 is 13.5 Å². The summed E-state index contributed by atoms with van der Waals surface area (Å²) in [5.41, 5.74) is -0.875. The summed E-state index contributed by atoms with van der Waals surface area (Å²) < 4.78 is 26.0. The third-order valence-electron chi connectivity index (χ3n) is 3.91. The van der Waals surface area contributed by atoms with Crippen molar-refractivity contribution in [1.82, 2.24) is 14.5 Å². The van der Waals surface area contributed by atoms with Crippen molar-refractivity contribution in [3.63, 3.8) is 0 Å². The number of hydrogen-bond donors (Lipinski definition) is 2. The minimum Gasteiger partial charge on any atom is -0.389 e. The summed E-state index contributed by atoms with van der Waals surface area (Å²) in [6.07, 6.45) is 1.41. The van der Waals surface area contributed by atoms with Crippen LogP contribution in [0.2, 0.25) is 0 Å². The van der Waals surface area contributed by atoms with Crippen molar-refractivity contribution in [1.29, 1.82) is 0 Å². The topological polar surface area (TPSA) is 72.9 Å². The van der Waals surface area contributed by atoms with E-state index in [1.165, 1.54) is 4.31 Å². The number of nitrogens with one attached hydrogen (secondary N) is 1. The van der Waals surface area contributed by atoms with E-state index in [4.69, 9.17) is 0 Å². The van der Waals surface area contributed by atoms with Gasteiger partial charge in [-0.1, -0.05) is 0 Å². The van der Waals surface area contributed by atoms with Crippen LogP contribution < -0.4 is 5.32 Å². The Hall–Kier alpha value is -0.210. The molecule has 1 atom stereocenters. The number of piperazine rings is 1. The molecule has 0 spiro atoms. The van der Waals surface area contributed by atoms with Crippen LogP contribution in [0.3, 0.4) is 0 Å². The van der Waals surface area contributed by atoms with E-state index < -0.39 is 15.6 Å². The smallest absolute Gasteiger partial charge is 0.215 e. The number of nitrogens with zero attached hydrogens (tertiary/aromatic N) is 2. The SMILES string of the molecule is CC1(O)CCCN(S(=O)(=O)CCN2CCNCC2)C1. The minimum atomic E-state index is -3.24. The average molecular weight is 291 g/mol. The molecule has 0 bridgehead atoms. The van der Waals surface area contributed by atoms with Crippen molar-refractivity contribution in [2.24, 2.45) is 0 Å². The van der Waals surface area contributed by atoms with Crippen LogP contribution in [-0.2, 0) is 10.0 Å². The lowest BCUT2D eigenvalue weighted by Crippen LogP contribution is -2.51. The molecule has 7 heteroatoms. The first-order chi connectivity index (χ1) is 8.89. The average Bonchev–Trinajstić information content (AvgIpc) is 2.37. The molecule has 19 heavy (non-hydrogen) atoms. The second-order valence-corrected chi connectivity index (χ2v) is 7.93. The largest absolute Gasteiger partial charge is 0.389 e. The van der Waals surface area contributed by atoms with Crippen LogP contribution in [0, 0.1) is 0 Å². The van der Waals surface area contributed by atoms with E-state index in [2.05, 4.69) is 10.2 Å². The molecule has 0 aromatic rings. The van der Waals surface area contributed by atoms with Crippen LogP contribution in [0.4, 0.5) is 0 Å². The van der Waals surface area contributed by atoms with Crippen LogP contribution in [0.25, 0.3) is 0 Å². The van der Waals surface area contributed by atoms with Gasteiger partial charge < -0.3 is 10.4 Å². The summed E-state index contributed by atoms with van der Waals surface area (Å²) >= 11 is 0. The Kier molecular flexibility index (Phi) is 4.84. The van der Waals surface area contributed by atoms with Gasteiger partial charge in [-0.05, 0) is 19.8 Å². The Labute approximate surface area is 115 Å². The Bertz CT molecular complexity index is 391. The van der Waals surface area contributed by atoms with Gasteiger partial charge in [0.2, 0.25) is 10.0 Å². The van der Waals surface area contributed by atoms with E-state index >= 15 is 0 Å². The molecule has 0 aromatic heterocycles. The van der Waals surface area contributed by atoms with E-state index in [9.17, 15) is 13.5 Å². The van der Waals surface area contributed by atoms with Gasteiger partial charge in [-0.25, -0.2) is 8.42 Å². The van der Waals surface area contributed by atoms with E-state index in [0.717, 1.165) is 32.6 Å². The van der Waals surface area contributed by atoms with E-state index in [-0.39, 0.29) is 12.3 Å². The molecule has 0 radical (unpaired) electrons. The molecule has 112 valence electrons. The quantitative estimate of drug-likeness (QED) is 0.700. The predicted molar refractivity (Wildman–Crippen MR) is 74.5 cm³/mol. The first kappa shape index (κ1) is 15.2. The molecule has 0 saturated carbocycles. The molecule has 2 aliphatic rings. The fourth-order valence-corrected chi connectivity index (χ4v) is 4.35. The van der Waals surface area contributed by atoms with E-state index in [1.54, 1.807) is 6.92 Å². The minimum absolute atomic E-state index is 0.156. The summed E-state index contributed by atoms with van der Waals surface area (Å²) in [5.74, 6) is 0.156. The molecule has 2 aliphatic heterocycles. The predicted octanol–water partition coefficient (Wildman–Crippen LogP) is -0.932. The summed E-state index contributed by atoms with van der Waals surface area (Å²) in [6.45, 7) is 6.75. The fraction of sp³-hybridized carbons (Fsp3) is 1.00. The van der Waals surface area contributed by atoms with Crippen molar-refractivity contribution in [3.8, 4) is 0 Å². The summed E-state index contributed by atoms with van der Waals surface area (Å²) in [4.78, 5) is 2.18. The molecule has 0 aromatic carbocycles. The van der Waals surface area contributed by atoms with E-state index in [1.807, 2.05) is 0 Å². The number of β-amino-alcohol motifs (C(OH)–C–C–N with tert-alkyl or cyclic N) is 1. The van der Waals surface area contributed by atoms with Gasteiger partial charge in [0.05, 0.1) is 11.4 Å². The molecule has 1 unspecified atom stereocenters. The lowest BCUT2D eigenvalue weighted by atomic mass is 9.97. The van der Waals surface area contributed by atoms with Gasteiger partial charge in [0.15, 0.2) is 0 Å². The van der Waals surface area contributed by atoms with Gasteiger partial charge in [-0.3, -0.25) is 4.90 Å². The summed E-state index contributed by atoms with van der Waals surface area (Å²) in [5, 5.41) is 13.3. The van der Waals surface area contributed by atoms with E-state index in [0.29, 0.717) is 19.5 Å². The maximum absolute atomic E-state index is 12.3. The number of hydrogen-bond acceptors (Lipinski definition) is 5. The Morgan fingerprint density at radius 2 is 1.95 bits per heavy atom. The lowest BCUT2D eigenvalue weighted by molar-refractivity contribution is 0.00935.